The molecule has 3 aromatic carbocycles. The fourth-order valence-electron chi connectivity index (χ4n) is 4.62. The van der Waals surface area contributed by atoms with E-state index < -0.39 is 5.92 Å². The molecule has 0 radical (unpaired) electrons. The number of fused-ring (bicyclic) bond motifs is 3. The molecule has 4 aromatic rings. The van der Waals surface area contributed by atoms with Crippen LogP contribution in [-0.4, -0.2) is 15.6 Å². The molecule has 2 aliphatic rings. The molecule has 32 heavy (non-hydrogen) atoms. The molecule has 154 valence electrons. The standard InChI is InChI=1S/C25H16N4O3/c30-23-18-9-5-4-8-17(18)22-20(23)19(14-10-12-15(28-32)13-11-14)21-24(26-22)27-29(25(21)31)16-6-2-1-3-7-16/h1-13,19,26-27H. The molecule has 7 nitrogen and oxygen atoms in total. The van der Waals surface area contributed by atoms with Gasteiger partial charge in [0.05, 0.1) is 16.9 Å². The molecular weight excluding hydrogens is 404 g/mol. The second kappa shape index (κ2) is 6.75. The quantitative estimate of drug-likeness (QED) is 0.469. The minimum absolute atomic E-state index is 0.108. The molecule has 1 unspecified atom stereocenters. The number of allylic oxidation sites excluding steroid dienone is 1. The zero-order chi connectivity index (χ0) is 21.8. The first-order valence-corrected chi connectivity index (χ1v) is 10.2. The number of carbonyl (C=O) groups is 1. The number of H-pyrrole nitrogens is 1. The van der Waals surface area contributed by atoms with Gasteiger partial charge < -0.3 is 5.32 Å². The second-order valence-corrected chi connectivity index (χ2v) is 7.78. The van der Waals surface area contributed by atoms with Crippen LogP contribution in [0.4, 0.5) is 11.5 Å². The van der Waals surface area contributed by atoms with Gasteiger partial charge in [0.25, 0.3) is 5.56 Å². The Balaban J connectivity index is 1.61. The Bertz CT molecular complexity index is 1490. The maximum atomic E-state index is 13.6. The number of ketones is 1. The van der Waals surface area contributed by atoms with Crippen molar-refractivity contribution in [2.24, 2.45) is 5.18 Å². The van der Waals surface area contributed by atoms with Crippen LogP contribution in [0.1, 0.15) is 33.0 Å². The summed E-state index contributed by atoms with van der Waals surface area (Å²) in [5.41, 5.74) is 4.58. The summed E-state index contributed by atoms with van der Waals surface area (Å²) < 4.78 is 1.48. The van der Waals surface area contributed by atoms with Crippen molar-refractivity contribution in [2.75, 3.05) is 5.32 Å². The summed E-state index contributed by atoms with van der Waals surface area (Å²) in [4.78, 5) is 37.9. The molecule has 1 aromatic heterocycles. The number of anilines is 1. The average Bonchev–Trinajstić information content (AvgIpc) is 3.33. The first-order chi connectivity index (χ1) is 15.7. The molecule has 0 fully saturated rings. The Kier molecular flexibility index (Phi) is 3.85. The summed E-state index contributed by atoms with van der Waals surface area (Å²) in [6, 6.07) is 23.4. The van der Waals surface area contributed by atoms with Gasteiger partial charge in [-0.1, -0.05) is 54.6 Å². The number of aromatic amines is 1. The van der Waals surface area contributed by atoms with E-state index in [1.54, 1.807) is 30.3 Å². The number of rotatable bonds is 3. The maximum Gasteiger partial charge on any atom is 0.277 e. The first kappa shape index (κ1) is 18.3. The molecule has 0 saturated heterocycles. The van der Waals surface area contributed by atoms with Crippen molar-refractivity contribution in [3.63, 3.8) is 0 Å². The highest BCUT2D eigenvalue weighted by Crippen LogP contribution is 2.48. The van der Waals surface area contributed by atoms with Gasteiger partial charge in [0.15, 0.2) is 5.78 Å². The molecule has 1 aliphatic heterocycles. The minimum atomic E-state index is -0.587. The number of hydrogen-bond acceptors (Lipinski definition) is 5. The smallest absolute Gasteiger partial charge is 0.277 e. The highest BCUT2D eigenvalue weighted by atomic mass is 16.3. The lowest BCUT2D eigenvalue weighted by Gasteiger charge is -2.25. The molecule has 1 atom stereocenters. The number of para-hydroxylation sites is 1. The van der Waals surface area contributed by atoms with E-state index in [0.29, 0.717) is 33.9 Å². The summed E-state index contributed by atoms with van der Waals surface area (Å²) in [6.45, 7) is 0. The Labute approximate surface area is 182 Å². The van der Waals surface area contributed by atoms with Gasteiger partial charge in [-0.2, -0.15) is 0 Å². The van der Waals surface area contributed by atoms with Gasteiger partial charge in [-0.25, -0.2) is 4.68 Å². The Morgan fingerprint density at radius 3 is 2.22 bits per heavy atom. The lowest BCUT2D eigenvalue weighted by molar-refractivity contribution is 0.103. The predicted molar refractivity (Wildman–Crippen MR) is 121 cm³/mol. The van der Waals surface area contributed by atoms with E-state index in [1.165, 1.54) is 4.68 Å². The van der Waals surface area contributed by atoms with E-state index in [0.717, 1.165) is 11.1 Å². The van der Waals surface area contributed by atoms with Crippen molar-refractivity contribution in [3.8, 4) is 5.69 Å². The lowest BCUT2D eigenvalue weighted by Crippen LogP contribution is -2.25. The summed E-state index contributed by atoms with van der Waals surface area (Å²) >= 11 is 0. The van der Waals surface area contributed by atoms with Crippen LogP contribution < -0.4 is 10.9 Å². The number of nitrogens with one attached hydrogen (secondary N) is 2. The largest absolute Gasteiger partial charge is 0.339 e. The molecule has 7 heteroatoms. The Morgan fingerprint density at radius 2 is 1.50 bits per heavy atom. The molecule has 0 saturated carbocycles. The zero-order valence-electron chi connectivity index (χ0n) is 16.7. The predicted octanol–water partition coefficient (Wildman–Crippen LogP) is 4.73. The second-order valence-electron chi connectivity index (χ2n) is 7.78. The van der Waals surface area contributed by atoms with E-state index in [1.807, 2.05) is 48.5 Å². The van der Waals surface area contributed by atoms with E-state index >= 15 is 0 Å². The van der Waals surface area contributed by atoms with Crippen molar-refractivity contribution < 1.29 is 4.79 Å². The Morgan fingerprint density at radius 1 is 0.812 bits per heavy atom. The fraction of sp³-hybridized carbons (Fsp3) is 0.0400. The van der Waals surface area contributed by atoms with E-state index in [9.17, 15) is 14.5 Å². The van der Waals surface area contributed by atoms with Gasteiger partial charge in [0, 0.05) is 22.6 Å². The van der Waals surface area contributed by atoms with Crippen LogP contribution in [0, 0.1) is 4.91 Å². The first-order valence-electron chi connectivity index (χ1n) is 10.2. The number of benzene rings is 3. The van der Waals surface area contributed by atoms with Gasteiger partial charge in [0.2, 0.25) is 0 Å². The third kappa shape index (κ3) is 2.48. The van der Waals surface area contributed by atoms with Crippen molar-refractivity contribution in [1.29, 1.82) is 0 Å². The number of Topliss-reactive ketones (excluding diaryl/α,β-unsaturated/α-hetero) is 1. The van der Waals surface area contributed by atoms with Gasteiger partial charge in [-0.15, -0.1) is 4.91 Å². The van der Waals surface area contributed by atoms with Crippen LogP contribution >= 0.6 is 0 Å². The molecule has 0 amide bonds. The van der Waals surface area contributed by atoms with Gasteiger partial charge in [0.1, 0.15) is 11.5 Å². The molecule has 2 heterocycles. The number of nitrogens with zero attached hydrogens (tertiary/aromatic N) is 2. The van der Waals surface area contributed by atoms with Gasteiger partial charge in [-0.05, 0) is 35.0 Å². The highest BCUT2D eigenvalue weighted by Gasteiger charge is 2.42. The SMILES string of the molecule is O=Nc1ccc(C2C3=C(Nc4[nH]n(-c5ccccc5)c(=O)c42)c2ccccc2C3=O)cc1. The normalized spacial score (nSPS) is 16.2. The summed E-state index contributed by atoms with van der Waals surface area (Å²) in [7, 11) is 0. The molecule has 1 aliphatic carbocycles. The van der Waals surface area contributed by atoms with Crippen LogP contribution in [0.3, 0.4) is 0 Å². The van der Waals surface area contributed by atoms with Crippen LogP contribution in [0.25, 0.3) is 11.4 Å². The highest BCUT2D eigenvalue weighted by molar-refractivity contribution is 6.23. The molecule has 0 bridgehead atoms. The average molecular weight is 420 g/mol. The Hall–Kier alpha value is -4.52. The molecule has 2 N–H and O–H groups in total. The molecule has 6 rings (SSSR count). The van der Waals surface area contributed by atoms with Crippen LogP contribution in [-0.2, 0) is 0 Å². The van der Waals surface area contributed by atoms with Crippen molar-refractivity contribution in [1.82, 2.24) is 9.78 Å². The van der Waals surface area contributed by atoms with Crippen LogP contribution in [0.2, 0.25) is 0 Å². The van der Waals surface area contributed by atoms with Gasteiger partial charge in [-0.3, -0.25) is 14.7 Å². The van der Waals surface area contributed by atoms with Crippen molar-refractivity contribution in [3.05, 3.63) is 122 Å². The van der Waals surface area contributed by atoms with Crippen molar-refractivity contribution >= 4 is 23.0 Å². The monoisotopic (exact) mass is 420 g/mol. The molecule has 0 spiro atoms. The lowest BCUT2D eigenvalue weighted by atomic mass is 9.82. The van der Waals surface area contributed by atoms with E-state index in [-0.39, 0.29) is 17.0 Å². The minimum Gasteiger partial charge on any atom is -0.339 e. The van der Waals surface area contributed by atoms with Crippen LogP contribution in [0.5, 0.6) is 0 Å². The summed E-state index contributed by atoms with van der Waals surface area (Å²) in [5, 5.41) is 9.45. The number of carbonyl (C=O) groups excluding carboxylic acids is 1. The number of aromatic nitrogens is 2. The van der Waals surface area contributed by atoms with Crippen LogP contribution in [0.15, 0.2) is 94.4 Å². The maximum absolute atomic E-state index is 13.6. The number of hydrogen-bond donors (Lipinski definition) is 2. The summed E-state index contributed by atoms with van der Waals surface area (Å²) in [6.07, 6.45) is 0. The topological polar surface area (TPSA) is 96.3 Å². The fourth-order valence-corrected chi connectivity index (χ4v) is 4.62. The zero-order valence-corrected chi connectivity index (χ0v) is 16.7. The third-order valence-electron chi connectivity index (χ3n) is 6.06. The van der Waals surface area contributed by atoms with E-state index in [4.69, 9.17) is 0 Å². The third-order valence-corrected chi connectivity index (χ3v) is 6.06. The number of nitroso groups, excluding NO2 is 1. The molecular formula is C25H16N4O3. The van der Waals surface area contributed by atoms with Gasteiger partial charge >= 0.3 is 0 Å². The van der Waals surface area contributed by atoms with E-state index in [2.05, 4.69) is 15.6 Å². The van der Waals surface area contributed by atoms with Crippen molar-refractivity contribution in [2.45, 2.75) is 5.92 Å². The summed E-state index contributed by atoms with van der Waals surface area (Å²) in [5.74, 6) is -0.150.